The number of halogens is 1. The Morgan fingerprint density at radius 3 is 2.45 bits per heavy atom. The van der Waals surface area contributed by atoms with Crippen LogP contribution in [0.2, 0.25) is 0 Å². The molecule has 0 saturated carbocycles. The number of nitrogens with one attached hydrogen (secondary N) is 2. The van der Waals surface area contributed by atoms with Gasteiger partial charge in [0.05, 0.1) is 6.04 Å². The van der Waals surface area contributed by atoms with Crippen molar-refractivity contribution >= 4 is 29.9 Å². The molecule has 2 N–H and O–H groups in total. The Morgan fingerprint density at radius 2 is 1.79 bits per heavy atom. The van der Waals surface area contributed by atoms with E-state index in [-0.39, 0.29) is 24.0 Å². The van der Waals surface area contributed by atoms with E-state index in [2.05, 4.69) is 81.6 Å². The van der Waals surface area contributed by atoms with Gasteiger partial charge in [-0.1, -0.05) is 44.2 Å². The van der Waals surface area contributed by atoms with Gasteiger partial charge in [-0.15, -0.1) is 24.0 Å². The summed E-state index contributed by atoms with van der Waals surface area (Å²) in [4.78, 5) is 11.9. The summed E-state index contributed by atoms with van der Waals surface area (Å²) in [5, 5.41) is 7.04. The van der Waals surface area contributed by atoms with Crippen LogP contribution in [0.5, 0.6) is 0 Å². The van der Waals surface area contributed by atoms with Crippen molar-refractivity contribution in [2.45, 2.75) is 26.3 Å². The highest BCUT2D eigenvalue weighted by molar-refractivity contribution is 14.0. The molecule has 0 bridgehead atoms. The average Bonchev–Trinajstić information content (AvgIpc) is 2.94. The molecule has 2 rings (SSSR count). The predicted octanol–water partition coefficient (Wildman–Crippen LogP) is 2.49. The number of hydrogen-bond donors (Lipinski definition) is 2. The molecular formula is C22H41IN6. The summed E-state index contributed by atoms with van der Waals surface area (Å²) < 4.78 is 0. The Hall–Kier alpha value is -0.900. The number of hydrogen-bond acceptors (Lipinski definition) is 4. The second-order valence-electron chi connectivity index (χ2n) is 7.53. The van der Waals surface area contributed by atoms with E-state index in [0.29, 0.717) is 6.04 Å². The fourth-order valence-electron chi connectivity index (χ4n) is 3.87. The van der Waals surface area contributed by atoms with E-state index in [4.69, 9.17) is 0 Å². The molecule has 1 aliphatic heterocycles. The number of benzene rings is 1. The van der Waals surface area contributed by atoms with Crippen LogP contribution in [0.1, 0.15) is 31.9 Å². The number of aliphatic imine (C=N–C) groups is 1. The van der Waals surface area contributed by atoms with Crippen LogP contribution in [-0.4, -0.2) is 93.7 Å². The molecule has 1 heterocycles. The van der Waals surface area contributed by atoms with Crippen molar-refractivity contribution < 1.29 is 0 Å². The highest BCUT2D eigenvalue weighted by atomic mass is 127. The summed E-state index contributed by atoms with van der Waals surface area (Å²) in [6, 6.07) is 11.1. The topological polar surface area (TPSA) is 46.1 Å². The van der Waals surface area contributed by atoms with Crippen LogP contribution in [0.4, 0.5) is 0 Å². The molecule has 7 heteroatoms. The Balaban J connectivity index is 0.00000420. The largest absolute Gasteiger partial charge is 0.355 e. The molecule has 0 aliphatic carbocycles. The van der Waals surface area contributed by atoms with Gasteiger partial charge >= 0.3 is 0 Å². The van der Waals surface area contributed by atoms with Gasteiger partial charge in [0, 0.05) is 39.8 Å². The van der Waals surface area contributed by atoms with E-state index in [0.717, 1.165) is 51.8 Å². The van der Waals surface area contributed by atoms with E-state index in [1.54, 1.807) is 0 Å². The molecule has 29 heavy (non-hydrogen) atoms. The molecule has 1 fully saturated rings. The third kappa shape index (κ3) is 9.19. The first-order valence-corrected chi connectivity index (χ1v) is 10.8. The molecule has 1 atom stereocenters. The predicted molar refractivity (Wildman–Crippen MR) is 135 cm³/mol. The van der Waals surface area contributed by atoms with E-state index >= 15 is 0 Å². The van der Waals surface area contributed by atoms with Gasteiger partial charge in [0.1, 0.15) is 0 Å². The summed E-state index contributed by atoms with van der Waals surface area (Å²) in [7, 11) is 4.07. The van der Waals surface area contributed by atoms with Crippen LogP contribution in [0.3, 0.4) is 0 Å². The average molecular weight is 517 g/mol. The highest BCUT2D eigenvalue weighted by Crippen LogP contribution is 2.19. The summed E-state index contributed by atoms with van der Waals surface area (Å²) in [6.07, 6.45) is 1.26. The van der Waals surface area contributed by atoms with Crippen molar-refractivity contribution in [3.05, 3.63) is 35.9 Å². The van der Waals surface area contributed by atoms with E-state index < -0.39 is 0 Å². The molecule has 1 aliphatic rings. The maximum absolute atomic E-state index is 4.43. The van der Waals surface area contributed by atoms with Crippen molar-refractivity contribution in [2.75, 3.05) is 73.0 Å². The molecule has 1 aromatic rings. The van der Waals surface area contributed by atoms with Gasteiger partial charge in [0.25, 0.3) is 0 Å². The van der Waals surface area contributed by atoms with Crippen molar-refractivity contribution in [1.29, 1.82) is 0 Å². The van der Waals surface area contributed by atoms with Crippen LogP contribution in [0.15, 0.2) is 35.3 Å². The van der Waals surface area contributed by atoms with Crippen LogP contribution < -0.4 is 10.6 Å². The molecule has 0 aromatic heterocycles. The third-order valence-corrected chi connectivity index (χ3v) is 5.66. The summed E-state index contributed by atoms with van der Waals surface area (Å²) in [5.74, 6) is 0.889. The minimum absolute atomic E-state index is 0. The molecule has 1 aromatic carbocycles. The number of nitrogens with zero attached hydrogens (tertiary/aromatic N) is 4. The van der Waals surface area contributed by atoms with Crippen LogP contribution in [0.25, 0.3) is 0 Å². The number of likely N-dealkylation sites (N-methyl/N-ethyl adjacent to an activating group) is 2. The number of rotatable bonds is 9. The van der Waals surface area contributed by atoms with Crippen LogP contribution >= 0.6 is 24.0 Å². The highest BCUT2D eigenvalue weighted by Gasteiger charge is 2.18. The Morgan fingerprint density at radius 1 is 1.07 bits per heavy atom. The zero-order valence-corrected chi connectivity index (χ0v) is 21.1. The minimum atomic E-state index is 0. The maximum Gasteiger partial charge on any atom is 0.191 e. The monoisotopic (exact) mass is 516 g/mol. The fourth-order valence-corrected chi connectivity index (χ4v) is 3.87. The maximum atomic E-state index is 4.43. The summed E-state index contributed by atoms with van der Waals surface area (Å²) in [6.45, 7) is 14.1. The lowest BCUT2D eigenvalue weighted by Crippen LogP contribution is -2.45. The second-order valence-corrected chi connectivity index (χ2v) is 7.53. The smallest absolute Gasteiger partial charge is 0.191 e. The summed E-state index contributed by atoms with van der Waals surface area (Å²) >= 11 is 0. The van der Waals surface area contributed by atoms with Gasteiger partial charge in [0.15, 0.2) is 5.96 Å². The van der Waals surface area contributed by atoms with Crippen molar-refractivity contribution in [3.8, 4) is 0 Å². The first-order valence-electron chi connectivity index (χ1n) is 10.8. The lowest BCUT2D eigenvalue weighted by atomic mass is 10.1. The molecule has 0 radical (unpaired) electrons. The van der Waals surface area contributed by atoms with Gasteiger partial charge in [-0.2, -0.15) is 0 Å². The van der Waals surface area contributed by atoms with Crippen molar-refractivity contribution in [3.63, 3.8) is 0 Å². The molecule has 6 nitrogen and oxygen atoms in total. The van der Waals surface area contributed by atoms with Gasteiger partial charge in [-0.3, -0.25) is 9.89 Å². The standard InChI is InChI=1S/C22H40N6.HI/c1-5-28(6-2)21(20-11-8-7-9-12-20)19-25-22(23-3)24-13-16-27-15-10-14-26(4)17-18-27;/h7-9,11-12,21H,5-6,10,13-19H2,1-4H3,(H2,23,24,25);1H. The van der Waals surface area contributed by atoms with Gasteiger partial charge in [0.2, 0.25) is 0 Å². The minimum Gasteiger partial charge on any atom is -0.355 e. The molecule has 1 saturated heterocycles. The molecule has 1 unspecified atom stereocenters. The van der Waals surface area contributed by atoms with Crippen molar-refractivity contribution in [2.24, 2.45) is 4.99 Å². The van der Waals surface area contributed by atoms with E-state index in [1.165, 1.54) is 25.1 Å². The second kappa shape index (κ2) is 15.0. The molecule has 166 valence electrons. The lowest BCUT2D eigenvalue weighted by Gasteiger charge is -2.31. The first kappa shape index (κ1) is 26.1. The molecular weight excluding hydrogens is 475 g/mol. The van der Waals surface area contributed by atoms with E-state index in [1.807, 2.05) is 7.05 Å². The fraction of sp³-hybridized carbons (Fsp3) is 0.682. The van der Waals surface area contributed by atoms with Crippen LogP contribution in [0, 0.1) is 0 Å². The van der Waals surface area contributed by atoms with Gasteiger partial charge in [-0.05, 0) is 45.2 Å². The molecule has 0 spiro atoms. The van der Waals surface area contributed by atoms with E-state index in [9.17, 15) is 0 Å². The SMILES string of the molecule is CCN(CC)C(CNC(=NC)NCCN1CCCN(C)CC1)c1ccccc1.I. The van der Waals surface area contributed by atoms with Crippen molar-refractivity contribution in [1.82, 2.24) is 25.3 Å². The third-order valence-electron chi connectivity index (χ3n) is 5.66. The zero-order valence-electron chi connectivity index (χ0n) is 18.7. The summed E-state index contributed by atoms with van der Waals surface area (Å²) in [5.41, 5.74) is 1.35. The first-order chi connectivity index (χ1) is 13.7. The molecule has 0 amide bonds. The van der Waals surface area contributed by atoms with Gasteiger partial charge < -0.3 is 20.4 Å². The number of guanidine groups is 1. The van der Waals surface area contributed by atoms with Crippen LogP contribution in [-0.2, 0) is 0 Å². The Bertz CT molecular complexity index is 564. The Labute approximate surface area is 195 Å². The Kier molecular flexibility index (Phi) is 13.5. The van der Waals surface area contributed by atoms with Gasteiger partial charge in [-0.25, -0.2) is 0 Å². The lowest BCUT2D eigenvalue weighted by molar-refractivity contribution is 0.219. The normalized spacial score (nSPS) is 17.5. The quantitative estimate of drug-likeness (QED) is 0.300. The zero-order chi connectivity index (χ0) is 20.2.